The van der Waals surface area contributed by atoms with Crippen molar-refractivity contribution < 1.29 is 34.4 Å². The summed E-state index contributed by atoms with van der Waals surface area (Å²) in [4.78, 5) is 35.9. The zero-order valence-electron chi connectivity index (χ0n) is 13.5. The van der Waals surface area contributed by atoms with E-state index in [4.69, 9.17) is 22.1 Å². The Balaban J connectivity index is 2.29. The number of carbonyl (C=O) groups excluding carboxylic acids is 1. The van der Waals surface area contributed by atoms with Crippen molar-refractivity contribution in [3.05, 3.63) is 28.7 Å². The van der Waals surface area contributed by atoms with E-state index in [0.29, 0.717) is 5.56 Å². The number of carbonyl (C=O) groups is 3. The molecular weight excluding hydrogens is 382 g/mol. The highest BCUT2D eigenvalue weighted by Gasteiger charge is 2.40. The maximum atomic E-state index is 12.6. The van der Waals surface area contributed by atoms with E-state index >= 15 is 0 Å². The SMILES string of the molecule is COc1cc(/C=C2/SC(=S)N(C(CCC(=O)O)C(=O)O)C2=O)ccc1O. The van der Waals surface area contributed by atoms with Crippen molar-refractivity contribution in [2.24, 2.45) is 0 Å². The molecule has 1 aliphatic heterocycles. The number of hydrogen-bond donors (Lipinski definition) is 3. The molecular formula is C16H15NO7S2. The first-order valence-corrected chi connectivity index (χ1v) is 8.55. The van der Waals surface area contributed by atoms with Crippen LogP contribution in [0.1, 0.15) is 18.4 Å². The lowest BCUT2D eigenvalue weighted by atomic mass is 10.1. The first kappa shape index (κ1) is 19.7. The molecule has 1 aromatic rings. The number of thioether (sulfide) groups is 1. The number of methoxy groups -OCH3 is 1. The number of carboxylic acids is 2. The van der Waals surface area contributed by atoms with Gasteiger partial charge in [0.2, 0.25) is 0 Å². The molecule has 10 heteroatoms. The summed E-state index contributed by atoms with van der Waals surface area (Å²) in [5.74, 6) is -2.93. The fraction of sp³-hybridized carbons (Fsp3) is 0.250. The Morgan fingerprint density at radius 3 is 2.65 bits per heavy atom. The van der Waals surface area contributed by atoms with E-state index in [1.54, 1.807) is 6.07 Å². The first-order chi connectivity index (χ1) is 12.2. The number of carboxylic acid groups (broad SMARTS) is 2. The van der Waals surface area contributed by atoms with Crippen molar-refractivity contribution in [3.63, 3.8) is 0 Å². The summed E-state index contributed by atoms with van der Waals surface area (Å²) in [6.07, 6.45) is 0.844. The third-order valence-corrected chi connectivity index (χ3v) is 4.88. The van der Waals surface area contributed by atoms with Crippen LogP contribution in [0.3, 0.4) is 0 Å². The number of benzene rings is 1. The number of phenolic OH excluding ortho intramolecular Hbond substituents is 1. The number of thiocarbonyl (C=S) groups is 1. The topological polar surface area (TPSA) is 124 Å². The van der Waals surface area contributed by atoms with Gasteiger partial charge in [0.25, 0.3) is 5.91 Å². The summed E-state index contributed by atoms with van der Waals surface area (Å²) in [7, 11) is 1.39. The Morgan fingerprint density at radius 1 is 1.38 bits per heavy atom. The molecule has 0 aliphatic carbocycles. The predicted molar refractivity (Wildman–Crippen MR) is 98.0 cm³/mol. The van der Waals surface area contributed by atoms with Crippen LogP contribution in [0, 0.1) is 0 Å². The van der Waals surface area contributed by atoms with Crippen molar-refractivity contribution in [1.29, 1.82) is 0 Å². The minimum Gasteiger partial charge on any atom is -0.504 e. The van der Waals surface area contributed by atoms with Crippen LogP contribution in [0.25, 0.3) is 6.08 Å². The van der Waals surface area contributed by atoms with E-state index in [-0.39, 0.29) is 27.1 Å². The minimum atomic E-state index is -1.35. The van der Waals surface area contributed by atoms with E-state index in [2.05, 4.69) is 0 Å². The molecule has 0 saturated carbocycles. The van der Waals surface area contributed by atoms with Crippen molar-refractivity contribution in [2.75, 3.05) is 7.11 Å². The van der Waals surface area contributed by atoms with Gasteiger partial charge in [-0.3, -0.25) is 14.5 Å². The van der Waals surface area contributed by atoms with Crippen molar-refractivity contribution in [1.82, 2.24) is 4.90 Å². The van der Waals surface area contributed by atoms with Gasteiger partial charge < -0.3 is 20.1 Å². The molecule has 26 heavy (non-hydrogen) atoms. The number of phenols is 1. The zero-order chi connectivity index (χ0) is 19.4. The number of nitrogens with zero attached hydrogens (tertiary/aromatic N) is 1. The van der Waals surface area contributed by atoms with E-state index < -0.39 is 30.3 Å². The highest BCUT2D eigenvalue weighted by molar-refractivity contribution is 8.26. The van der Waals surface area contributed by atoms with Crippen LogP contribution in [0.4, 0.5) is 0 Å². The average molecular weight is 397 g/mol. The Labute approximate surface area is 158 Å². The van der Waals surface area contributed by atoms with E-state index in [9.17, 15) is 24.6 Å². The molecule has 1 heterocycles. The highest BCUT2D eigenvalue weighted by Crippen LogP contribution is 2.36. The van der Waals surface area contributed by atoms with Crippen molar-refractivity contribution in [3.8, 4) is 11.5 Å². The van der Waals surface area contributed by atoms with Crippen LogP contribution in [0.5, 0.6) is 11.5 Å². The van der Waals surface area contributed by atoms with E-state index in [1.807, 2.05) is 0 Å². The minimum absolute atomic E-state index is 0.0461. The quantitative estimate of drug-likeness (QED) is 0.467. The van der Waals surface area contributed by atoms with Gasteiger partial charge in [-0.1, -0.05) is 30.0 Å². The second kappa shape index (κ2) is 8.19. The van der Waals surface area contributed by atoms with Gasteiger partial charge in [0.1, 0.15) is 10.4 Å². The molecule has 0 radical (unpaired) electrons. The van der Waals surface area contributed by atoms with Gasteiger partial charge in [-0.05, 0) is 30.2 Å². The zero-order valence-corrected chi connectivity index (χ0v) is 15.2. The molecule has 3 N–H and O–H groups in total. The second-order valence-electron chi connectivity index (χ2n) is 5.27. The molecule has 1 aromatic carbocycles. The molecule has 0 spiro atoms. The summed E-state index contributed by atoms with van der Waals surface area (Å²) in [6.45, 7) is 0. The van der Waals surface area contributed by atoms with Crippen LogP contribution in [-0.2, 0) is 14.4 Å². The summed E-state index contributed by atoms with van der Waals surface area (Å²) in [5, 5.41) is 27.7. The fourth-order valence-corrected chi connectivity index (χ4v) is 3.66. The number of rotatable bonds is 7. The van der Waals surface area contributed by atoms with Crippen molar-refractivity contribution >= 4 is 52.2 Å². The molecule has 0 bridgehead atoms. The smallest absolute Gasteiger partial charge is 0.326 e. The number of ether oxygens (including phenoxy) is 1. The van der Waals surface area contributed by atoms with Crippen molar-refractivity contribution in [2.45, 2.75) is 18.9 Å². The second-order valence-corrected chi connectivity index (χ2v) is 6.95. The summed E-state index contributed by atoms with van der Waals surface area (Å²) in [6, 6.07) is 3.13. The van der Waals surface area contributed by atoms with Gasteiger partial charge in [-0.2, -0.15) is 0 Å². The van der Waals surface area contributed by atoms with Crippen LogP contribution in [0.2, 0.25) is 0 Å². The highest BCUT2D eigenvalue weighted by atomic mass is 32.2. The number of hydrogen-bond acceptors (Lipinski definition) is 7. The van der Waals surface area contributed by atoms with Gasteiger partial charge >= 0.3 is 11.9 Å². The number of aromatic hydroxyl groups is 1. The monoisotopic (exact) mass is 397 g/mol. The third kappa shape index (κ3) is 4.33. The molecule has 8 nitrogen and oxygen atoms in total. The van der Waals surface area contributed by atoms with Gasteiger partial charge in [-0.15, -0.1) is 0 Å². The molecule has 1 amide bonds. The van der Waals surface area contributed by atoms with Crippen LogP contribution in [-0.4, -0.2) is 55.5 Å². The lowest BCUT2D eigenvalue weighted by molar-refractivity contribution is -0.146. The molecule has 1 unspecified atom stereocenters. The Morgan fingerprint density at radius 2 is 2.08 bits per heavy atom. The molecule has 1 saturated heterocycles. The third-order valence-electron chi connectivity index (χ3n) is 3.55. The summed E-state index contributed by atoms with van der Waals surface area (Å²) in [5.41, 5.74) is 0.553. The van der Waals surface area contributed by atoms with E-state index in [0.717, 1.165) is 16.7 Å². The Kier molecular flexibility index (Phi) is 6.22. The van der Waals surface area contributed by atoms with Gasteiger partial charge in [0.05, 0.1) is 12.0 Å². The molecule has 0 aromatic heterocycles. The maximum Gasteiger partial charge on any atom is 0.326 e. The Bertz CT molecular complexity index is 806. The summed E-state index contributed by atoms with van der Waals surface area (Å²) < 4.78 is 5.05. The lowest BCUT2D eigenvalue weighted by Gasteiger charge is -2.22. The van der Waals surface area contributed by atoms with Gasteiger partial charge in [-0.25, -0.2) is 4.79 Å². The normalized spacial score (nSPS) is 16.8. The van der Waals surface area contributed by atoms with Crippen LogP contribution in [0.15, 0.2) is 23.1 Å². The van der Waals surface area contributed by atoms with Gasteiger partial charge in [0.15, 0.2) is 11.5 Å². The molecule has 138 valence electrons. The fourth-order valence-electron chi connectivity index (χ4n) is 2.31. The lowest BCUT2D eigenvalue weighted by Crippen LogP contribution is -2.44. The standard InChI is InChI=1S/C16H15NO7S2/c1-24-11-6-8(2-4-10(11)18)7-12-14(21)17(16(25)26-12)9(15(22)23)3-5-13(19)20/h2,4,6-7,9,18H,3,5H2,1H3,(H,19,20)(H,22,23)/b12-7+. The molecule has 2 rings (SSSR count). The number of amides is 1. The van der Waals surface area contributed by atoms with Crippen LogP contribution < -0.4 is 4.74 Å². The molecule has 1 fully saturated rings. The van der Waals surface area contributed by atoms with Crippen LogP contribution >= 0.6 is 24.0 Å². The molecule has 1 atom stereocenters. The maximum absolute atomic E-state index is 12.6. The number of aliphatic carboxylic acids is 2. The average Bonchev–Trinajstić information content (AvgIpc) is 2.84. The summed E-state index contributed by atoms with van der Waals surface area (Å²) >= 11 is 6.04. The Hall–Kier alpha value is -2.59. The first-order valence-electron chi connectivity index (χ1n) is 7.33. The van der Waals surface area contributed by atoms with E-state index in [1.165, 1.54) is 25.3 Å². The molecule has 1 aliphatic rings. The predicted octanol–water partition coefficient (Wildman–Crippen LogP) is 1.92. The largest absolute Gasteiger partial charge is 0.504 e. The van der Waals surface area contributed by atoms with Gasteiger partial charge in [0, 0.05) is 6.42 Å².